The lowest BCUT2D eigenvalue weighted by molar-refractivity contribution is -0.137. The van der Waals surface area contributed by atoms with Crippen LogP contribution in [0.2, 0.25) is 0 Å². The number of nitrogens with zero attached hydrogens (tertiary/aromatic N) is 2. The van der Waals surface area contributed by atoms with E-state index in [0.29, 0.717) is 12.5 Å². The zero-order valence-corrected chi connectivity index (χ0v) is 12.2. The molecule has 0 saturated carbocycles. The molecule has 1 aromatic rings. The van der Waals surface area contributed by atoms with Crippen molar-refractivity contribution in [1.82, 2.24) is 9.88 Å². The van der Waals surface area contributed by atoms with E-state index in [2.05, 4.69) is 4.98 Å². The Morgan fingerprint density at radius 1 is 1.40 bits per heavy atom. The van der Waals surface area contributed by atoms with Crippen LogP contribution in [0.25, 0.3) is 0 Å². The van der Waals surface area contributed by atoms with Crippen LogP contribution in [0.3, 0.4) is 0 Å². The maximum absolute atomic E-state index is 11.8. The van der Waals surface area contributed by atoms with Crippen LogP contribution in [0.15, 0.2) is 18.2 Å². The number of aryl methyl sites for hydroxylation is 1. The third-order valence-corrected chi connectivity index (χ3v) is 3.37. The first-order valence-corrected chi connectivity index (χ1v) is 7.15. The molecule has 1 aliphatic heterocycles. The number of pyridine rings is 1. The normalized spacial score (nSPS) is 16.2. The second-order valence-corrected chi connectivity index (χ2v) is 4.95. The first-order chi connectivity index (χ1) is 9.69. The largest absolute Gasteiger partial charge is 0.474 e. The summed E-state index contributed by atoms with van der Waals surface area (Å²) in [5, 5.41) is 0. The van der Waals surface area contributed by atoms with Crippen molar-refractivity contribution in [1.29, 1.82) is 0 Å². The van der Waals surface area contributed by atoms with Gasteiger partial charge in [0, 0.05) is 44.3 Å². The van der Waals surface area contributed by atoms with E-state index in [0.717, 1.165) is 31.6 Å². The third-order valence-electron chi connectivity index (χ3n) is 3.37. The van der Waals surface area contributed by atoms with Gasteiger partial charge in [0.2, 0.25) is 11.8 Å². The number of carbonyl (C=O) groups is 1. The molecule has 5 nitrogen and oxygen atoms in total. The monoisotopic (exact) mass is 278 g/mol. The average molecular weight is 278 g/mol. The number of piperidine rings is 1. The topological polar surface area (TPSA) is 51.7 Å². The van der Waals surface area contributed by atoms with Gasteiger partial charge in [-0.05, 0) is 19.9 Å². The Balaban J connectivity index is 1.78. The zero-order chi connectivity index (χ0) is 14.4. The second-order valence-electron chi connectivity index (χ2n) is 4.95. The van der Waals surface area contributed by atoms with E-state index in [4.69, 9.17) is 9.47 Å². The Hall–Kier alpha value is -1.62. The maximum Gasteiger partial charge on any atom is 0.248 e. The number of aromatic nitrogens is 1. The van der Waals surface area contributed by atoms with Crippen LogP contribution in [0.4, 0.5) is 0 Å². The van der Waals surface area contributed by atoms with Gasteiger partial charge < -0.3 is 14.4 Å². The minimum atomic E-state index is 0.0685. The number of amides is 1. The lowest BCUT2D eigenvalue weighted by Crippen LogP contribution is -2.43. The quantitative estimate of drug-likeness (QED) is 0.824. The summed E-state index contributed by atoms with van der Waals surface area (Å²) in [7, 11) is 0. The van der Waals surface area contributed by atoms with Gasteiger partial charge in [0.05, 0.1) is 0 Å². The van der Waals surface area contributed by atoms with Crippen molar-refractivity contribution >= 4 is 5.91 Å². The molecular weight excluding hydrogens is 256 g/mol. The van der Waals surface area contributed by atoms with Gasteiger partial charge in [-0.15, -0.1) is 0 Å². The minimum Gasteiger partial charge on any atom is -0.474 e. The summed E-state index contributed by atoms with van der Waals surface area (Å²) < 4.78 is 11.0. The van der Waals surface area contributed by atoms with E-state index in [9.17, 15) is 4.79 Å². The van der Waals surface area contributed by atoms with Gasteiger partial charge in [-0.3, -0.25) is 4.79 Å². The molecule has 5 heteroatoms. The summed E-state index contributed by atoms with van der Waals surface area (Å²) in [6.07, 6.45) is 1.82. The fourth-order valence-corrected chi connectivity index (χ4v) is 2.26. The molecule has 1 aromatic heterocycles. The highest BCUT2D eigenvalue weighted by Crippen LogP contribution is 2.17. The van der Waals surface area contributed by atoms with Crippen molar-refractivity contribution in [2.75, 3.05) is 26.3 Å². The van der Waals surface area contributed by atoms with E-state index >= 15 is 0 Å². The van der Waals surface area contributed by atoms with Crippen molar-refractivity contribution < 1.29 is 14.3 Å². The molecule has 0 N–H and O–H groups in total. The molecular formula is C15H22N2O3. The number of hydrogen-bond donors (Lipinski definition) is 0. The Morgan fingerprint density at radius 3 is 2.80 bits per heavy atom. The Kier molecular flexibility index (Phi) is 5.35. The molecule has 0 radical (unpaired) electrons. The number of hydrogen-bond acceptors (Lipinski definition) is 4. The van der Waals surface area contributed by atoms with E-state index in [-0.39, 0.29) is 18.6 Å². The Labute approximate surface area is 119 Å². The Bertz CT molecular complexity index is 442. The number of likely N-dealkylation sites (tertiary alicyclic amines) is 1. The minimum absolute atomic E-state index is 0.0685. The number of rotatable bonds is 5. The molecule has 1 aliphatic rings. The lowest BCUT2D eigenvalue weighted by Gasteiger charge is -2.31. The molecule has 110 valence electrons. The van der Waals surface area contributed by atoms with Crippen molar-refractivity contribution in [2.24, 2.45) is 0 Å². The van der Waals surface area contributed by atoms with Crippen LogP contribution in [0.5, 0.6) is 5.88 Å². The summed E-state index contributed by atoms with van der Waals surface area (Å²) in [6.45, 7) is 6.04. The van der Waals surface area contributed by atoms with Crippen LogP contribution in [0.1, 0.15) is 25.5 Å². The summed E-state index contributed by atoms with van der Waals surface area (Å²) in [4.78, 5) is 18.0. The highest BCUT2D eigenvalue weighted by molar-refractivity contribution is 5.77. The standard InChI is InChI=1S/C15H22N2O3/c1-3-19-11-15(18)17-9-7-13(8-10-17)20-14-6-4-5-12(2)16-14/h4-6,13H,3,7-11H2,1-2H3. The summed E-state index contributed by atoms with van der Waals surface area (Å²) >= 11 is 0. The third kappa shape index (κ3) is 4.20. The molecule has 2 heterocycles. The highest BCUT2D eigenvalue weighted by Gasteiger charge is 2.24. The van der Waals surface area contributed by atoms with E-state index < -0.39 is 0 Å². The fourth-order valence-electron chi connectivity index (χ4n) is 2.26. The Morgan fingerprint density at radius 2 is 2.15 bits per heavy atom. The van der Waals surface area contributed by atoms with Crippen LogP contribution in [0, 0.1) is 6.92 Å². The van der Waals surface area contributed by atoms with Crippen LogP contribution in [-0.2, 0) is 9.53 Å². The zero-order valence-electron chi connectivity index (χ0n) is 12.2. The summed E-state index contributed by atoms with van der Waals surface area (Å²) in [5.74, 6) is 0.739. The SMILES string of the molecule is CCOCC(=O)N1CCC(Oc2cccc(C)n2)CC1. The van der Waals surface area contributed by atoms with Crippen LogP contribution < -0.4 is 4.74 Å². The molecule has 20 heavy (non-hydrogen) atoms. The van der Waals surface area contributed by atoms with E-state index in [1.807, 2.05) is 36.9 Å². The van der Waals surface area contributed by atoms with Crippen molar-refractivity contribution in [2.45, 2.75) is 32.8 Å². The van der Waals surface area contributed by atoms with Gasteiger partial charge in [0.1, 0.15) is 12.7 Å². The molecule has 1 amide bonds. The van der Waals surface area contributed by atoms with Gasteiger partial charge in [-0.1, -0.05) is 6.07 Å². The van der Waals surface area contributed by atoms with Gasteiger partial charge in [-0.25, -0.2) is 4.98 Å². The average Bonchev–Trinajstić information content (AvgIpc) is 2.45. The summed E-state index contributed by atoms with van der Waals surface area (Å²) in [5.41, 5.74) is 0.951. The molecule has 0 spiro atoms. The van der Waals surface area contributed by atoms with E-state index in [1.54, 1.807) is 0 Å². The smallest absolute Gasteiger partial charge is 0.248 e. The van der Waals surface area contributed by atoms with E-state index in [1.165, 1.54) is 0 Å². The molecule has 1 saturated heterocycles. The van der Waals surface area contributed by atoms with Crippen LogP contribution in [-0.4, -0.2) is 48.2 Å². The number of ether oxygens (including phenoxy) is 2. The predicted octanol–water partition coefficient (Wildman–Crippen LogP) is 1.80. The second kappa shape index (κ2) is 7.24. The van der Waals surface area contributed by atoms with Gasteiger partial charge in [0.15, 0.2) is 0 Å². The lowest BCUT2D eigenvalue weighted by atomic mass is 10.1. The molecule has 0 atom stereocenters. The summed E-state index contributed by atoms with van der Waals surface area (Å²) in [6, 6.07) is 5.76. The van der Waals surface area contributed by atoms with Crippen LogP contribution >= 0.6 is 0 Å². The predicted molar refractivity (Wildman–Crippen MR) is 75.7 cm³/mol. The molecule has 2 rings (SSSR count). The fraction of sp³-hybridized carbons (Fsp3) is 0.600. The molecule has 0 aromatic carbocycles. The van der Waals surface area contributed by atoms with Gasteiger partial charge >= 0.3 is 0 Å². The van der Waals surface area contributed by atoms with Crippen molar-refractivity contribution in [3.05, 3.63) is 23.9 Å². The number of carbonyl (C=O) groups excluding carboxylic acids is 1. The molecule has 0 bridgehead atoms. The molecule has 0 unspecified atom stereocenters. The highest BCUT2D eigenvalue weighted by atomic mass is 16.5. The first-order valence-electron chi connectivity index (χ1n) is 7.15. The molecule has 1 fully saturated rings. The first kappa shape index (κ1) is 14.8. The van der Waals surface area contributed by atoms with Gasteiger partial charge in [0.25, 0.3) is 0 Å². The maximum atomic E-state index is 11.8. The van der Waals surface area contributed by atoms with Crippen molar-refractivity contribution in [3.8, 4) is 5.88 Å². The molecule has 0 aliphatic carbocycles. The van der Waals surface area contributed by atoms with Crippen molar-refractivity contribution in [3.63, 3.8) is 0 Å². The van der Waals surface area contributed by atoms with Gasteiger partial charge in [-0.2, -0.15) is 0 Å².